The first-order valence-electron chi connectivity index (χ1n) is 38.7. The maximum absolute atomic E-state index is 12.9. The number of carbonyl (C=O) groups is 2. The van der Waals surface area contributed by atoms with E-state index in [9.17, 15) is 19.0 Å². The molecule has 0 spiro atoms. The molecule has 0 saturated heterocycles. The average molecular weight is 1240 g/mol. The van der Waals surface area contributed by atoms with E-state index in [1.807, 2.05) is 21.1 Å². The van der Waals surface area contributed by atoms with E-state index in [0.29, 0.717) is 17.4 Å². The molecule has 2 unspecified atom stereocenters. The van der Waals surface area contributed by atoms with Crippen molar-refractivity contribution in [2.75, 3.05) is 47.5 Å². The summed E-state index contributed by atoms with van der Waals surface area (Å²) in [7, 11) is 1.20. The number of hydrogen-bond acceptors (Lipinski definition) is 8. The van der Waals surface area contributed by atoms with Gasteiger partial charge in [0.1, 0.15) is 19.8 Å². The van der Waals surface area contributed by atoms with Crippen LogP contribution in [0.3, 0.4) is 0 Å². The third kappa shape index (κ3) is 72.1. The SMILES string of the molecule is CCCCCCCCCCCCCCCCCCCCCCCCCCCCCCCCCCCCCCCCCCC(=O)OC(COC(=O)CCCCCCCCCCCCCCCCCCCCCCCC)COP(=O)([O-])OCC[N+](C)(C)C. The number of hydrogen-bond donors (Lipinski definition) is 0. The fourth-order valence-electron chi connectivity index (χ4n) is 12.2. The number of rotatable bonds is 74. The Morgan fingerprint density at radius 1 is 0.314 bits per heavy atom. The van der Waals surface area contributed by atoms with Gasteiger partial charge in [-0.15, -0.1) is 0 Å². The number of phosphoric acid groups is 1. The number of carbonyl (C=O) groups excluding carboxylic acids is 2. The fraction of sp³-hybridized carbons (Fsp3) is 0.974. The molecule has 0 aromatic heterocycles. The summed E-state index contributed by atoms with van der Waals surface area (Å²) in [5, 5.41) is 0. The molecule has 0 bridgehead atoms. The van der Waals surface area contributed by atoms with E-state index < -0.39 is 26.5 Å². The predicted octanol–water partition coefficient (Wildman–Crippen LogP) is 24.7. The zero-order chi connectivity index (χ0) is 62.6. The van der Waals surface area contributed by atoms with Crippen LogP contribution in [0.2, 0.25) is 0 Å². The molecule has 0 aliphatic carbocycles. The molecule has 0 aliphatic rings. The number of nitrogens with zero attached hydrogens (tertiary/aromatic N) is 1. The lowest BCUT2D eigenvalue weighted by Crippen LogP contribution is -2.37. The molecule has 0 radical (unpaired) electrons. The minimum absolute atomic E-state index is 0.0247. The average Bonchev–Trinajstić information content (AvgIpc) is 3.70. The number of unbranched alkanes of at least 4 members (excludes halogenated alkanes) is 60. The summed E-state index contributed by atoms with van der Waals surface area (Å²) in [5.74, 6) is -0.802. The molecule has 0 aromatic rings. The van der Waals surface area contributed by atoms with Gasteiger partial charge in [-0.3, -0.25) is 14.2 Å². The standard InChI is InChI=1S/C76H152NO8P/c1-6-8-10-12-14-16-18-20-22-24-26-28-30-31-32-33-34-35-36-37-38-39-40-41-42-43-44-45-46-47-49-51-53-55-57-59-61-63-65-67-69-76(79)85-74(73-84-86(80,81)83-71-70-77(3,4)5)72-82-75(78)68-66-64-62-60-58-56-54-52-50-48-29-27-25-23-21-19-17-15-13-11-9-7-2/h74H,6-73H2,1-5H3. The van der Waals surface area contributed by atoms with Crippen LogP contribution in [-0.4, -0.2) is 70.0 Å². The van der Waals surface area contributed by atoms with Crippen LogP contribution in [0.1, 0.15) is 425 Å². The predicted molar refractivity (Wildman–Crippen MR) is 370 cm³/mol. The van der Waals surface area contributed by atoms with Gasteiger partial charge in [-0.2, -0.15) is 0 Å². The monoisotopic (exact) mass is 1240 g/mol. The van der Waals surface area contributed by atoms with E-state index in [-0.39, 0.29) is 32.0 Å². The first-order chi connectivity index (χ1) is 42.0. The lowest BCUT2D eigenvalue weighted by atomic mass is 10.0. The highest BCUT2D eigenvalue weighted by Crippen LogP contribution is 2.38. The smallest absolute Gasteiger partial charge is 0.306 e. The van der Waals surface area contributed by atoms with E-state index in [0.717, 1.165) is 32.1 Å². The number of ether oxygens (including phenoxy) is 2. The van der Waals surface area contributed by atoms with Gasteiger partial charge in [0.25, 0.3) is 7.82 Å². The highest BCUT2D eigenvalue weighted by Gasteiger charge is 2.22. The van der Waals surface area contributed by atoms with Crippen LogP contribution in [0, 0.1) is 0 Å². The fourth-order valence-corrected chi connectivity index (χ4v) is 12.9. The summed E-state index contributed by atoms with van der Waals surface area (Å²) >= 11 is 0. The number of esters is 2. The molecule has 514 valence electrons. The molecule has 0 aromatic carbocycles. The first-order valence-corrected chi connectivity index (χ1v) is 40.2. The Kier molecular flexibility index (Phi) is 67.6. The van der Waals surface area contributed by atoms with Crippen molar-refractivity contribution >= 4 is 19.8 Å². The highest BCUT2D eigenvalue weighted by molar-refractivity contribution is 7.45. The van der Waals surface area contributed by atoms with Crippen molar-refractivity contribution in [2.45, 2.75) is 431 Å². The minimum Gasteiger partial charge on any atom is -0.756 e. The quantitative estimate of drug-likeness (QED) is 0.0256. The van der Waals surface area contributed by atoms with Crippen LogP contribution in [0.25, 0.3) is 0 Å². The third-order valence-electron chi connectivity index (χ3n) is 18.1. The first kappa shape index (κ1) is 85.0. The van der Waals surface area contributed by atoms with Gasteiger partial charge in [-0.1, -0.05) is 399 Å². The summed E-state index contributed by atoms with van der Waals surface area (Å²) in [5.41, 5.74) is 0. The Balaban J connectivity index is 3.84. The zero-order valence-corrected chi connectivity index (χ0v) is 59.7. The zero-order valence-electron chi connectivity index (χ0n) is 58.8. The summed E-state index contributed by atoms with van der Waals surface area (Å²) in [6.07, 6.45) is 83.8. The molecule has 9 nitrogen and oxygen atoms in total. The van der Waals surface area contributed by atoms with Gasteiger partial charge in [-0.25, -0.2) is 0 Å². The molecule has 0 rings (SSSR count). The number of quaternary nitrogens is 1. The highest BCUT2D eigenvalue weighted by atomic mass is 31.2. The van der Waals surface area contributed by atoms with Gasteiger partial charge >= 0.3 is 11.9 Å². The molecule has 0 N–H and O–H groups in total. The maximum Gasteiger partial charge on any atom is 0.306 e. The molecule has 0 heterocycles. The number of likely N-dealkylation sites (N-methyl/N-ethyl adjacent to an activating group) is 1. The van der Waals surface area contributed by atoms with Crippen molar-refractivity contribution in [3.05, 3.63) is 0 Å². The normalized spacial score (nSPS) is 13.0. The topological polar surface area (TPSA) is 111 Å². The third-order valence-corrected chi connectivity index (χ3v) is 19.1. The van der Waals surface area contributed by atoms with Crippen molar-refractivity contribution in [3.8, 4) is 0 Å². The summed E-state index contributed by atoms with van der Waals surface area (Å²) in [6, 6.07) is 0. The van der Waals surface area contributed by atoms with Crippen molar-refractivity contribution in [1.82, 2.24) is 0 Å². The largest absolute Gasteiger partial charge is 0.756 e. The van der Waals surface area contributed by atoms with Crippen molar-refractivity contribution in [2.24, 2.45) is 0 Å². The summed E-state index contributed by atoms with van der Waals surface area (Å²) < 4.78 is 34.4. The Bertz CT molecular complexity index is 1410. The Morgan fingerprint density at radius 2 is 0.523 bits per heavy atom. The van der Waals surface area contributed by atoms with Crippen molar-refractivity contribution in [1.29, 1.82) is 0 Å². The number of phosphoric ester groups is 1. The van der Waals surface area contributed by atoms with E-state index in [2.05, 4.69) is 13.8 Å². The second kappa shape index (κ2) is 68.4. The van der Waals surface area contributed by atoms with Gasteiger partial charge in [0.15, 0.2) is 6.10 Å². The van der Waals surface area contributed by atoms with E-state index in [1.165, 1.54) is 360 Å². The van der Waals surface area contributed by atoms with Crippen molar-refractivity contribution in [3.63, 3.8) is 0 Å². The molecule has 86 heavy (non-hydrogen) atoms. The Labute approximate surface area is 537 Å². The molecule has 0 amide bonds. The lowest BCUT2D eigenvalue weighted by molar-refractivity contribution is -0.870. The summed E-state index contributed by atoms with van der Waals surface area (Å²) in [6.45, 7) is 4.34. The van der Waals surface area contributed by atoms with E-state index in [1.54, 1.807) is 0 Å². The Morgan fingerprint density at radius 3 is 0.744 bits per heavy atom. The molecule has 0 aliphatic heterocycles. The van der Waals surface area contributed by atoms with Gasteiger partial charge < -0.3 is 27.9 Å². The molecule has 0 fully saturated rings. The lowest BCUT2D eigenvalue weighted by Gasteiger charge is -2.28. The molecule has 10 heteroatoms. The molecule has 2 atom stereocenters. The van der Waals surface area contributed by atoms with Crippen LogP contribution in [0.5, 0.6) is 0 Å². The minimum atomic E-state index is -4.64. The van der Waals surface area contributed by atoms with Crippen LogP contribution in [0.15, 0.2) is 0 Å². The molecular weight excluding hydrogens is 1090 g/mol. The maximum atomic E-state index is 12.9. The van der Waals surface area contributed by atoms with Gasteiger partial charge in [0.05, 0.1) is 27.7 Å². The molecular formula is C76H152NO8P. The van der Waals surface area contributed by atoms with E-state index >= 15 is 0 Å². The van der Waals surface area contributed by atoms with Crippen LogP contribution in [0.4, 0.5) is 0 Å². The summed E-state index contributed by atoms with van der Waals surface area (Å²) in [4.78, 5) is 38.1. The van der Waals surface area contributed by atoms with Gasteiger partial charge in [-0.05, 0) is 12.8 Å². The Hall–Kier alpha value is -0.990. The second-order valence-electron chi connectivity index (χ2n) is 28.1. The second-order valence-corrected chi connectivity index (χ2v) is 29.5. The van der Waals surface area contributed by atoms with Crippen LogP contribution in [-0.2, 0) is 32.7 Å². The van der Waals surface area contributed by atoms with Crippen molar-refractivity contribution < 1.29 is 42.1 Å². The van der Waals surface area contributed by atoms with Gasteiger partial charge in [0, 0.05) is 12.8 Å². The molecule has 0 saturated carbocycles. The van der Waals surface area contributed by atoms with Crippen LogP contribution < -0.4 is 4.89 Å². The van der Waals surface area contributed by atoms with Crippen LogP contribution >= 0.6 is 7.82 Å². The van der Waals surface area contributed by atoms with Gasteiger partial charge in [0.2, 0.25) is 0 Å². The van der Waals surface area contributed by atoms with E-state index in [4.69, 9.17) is 18.5 Å².